The SMILES string of the molecule is CC(C)C(NC(=O)C(N)CCCCNC(=O)COC1C#CCCCCC1)C(=O)NC(CCCNC(N)=O)C(=O)Nc1ccc2c(c1)[C@@]1(C)CCC[C@](C)(C(=O)NC(=O)[C@@]3(C)CCC[C@]4(C)c5cc(NC(=O)O)ccc5CC[C@@H]34)[C@@H]1CC2. The van der Waals surface area contributed by atoms with Crippen LogP contribution in [-0.2, 0) is 57.2 Å². The number of nitrogens with one attached hydrogen (secondary N) is 7. The van der Waals surface area contributed by atoms with Crippen molar-refractivity contribution in [2.45, 2.75) is 205 Å². The first kappa shape index (κ1) is 62.1. The molecule has 7 rings (SSSR count). The maximum Gasteiger partial charge on any atom is 0.409 e. The second kappa shape index (κ2) is 27.0. The van der Waals surface area contributed by atoms with Crippen molar-refractivity contribution in [2.75, 3.05) is 30.3 Å². The smallest absolute Gasteiger partial charge is 0.409 e. The fraction of sp³-hybridized carbons (Fsp3) is 0.645. The number of primary amides is 1. The number of fused-ring (bicyclic) bond motifs is 6. The van der Waals surface area contributed by atoms with Crippen molar-refractivity contribution in [1.29, 1.82) is 0 Å². The van der Waals surface area contributed by atoms with Crippen LogP contribution in [0.15, 0.2) is 36.4 Å². The lowest BCUT2D eigenvalue weighted by Gasteiger charge is -2.56. The van der Waals surface area contributed by atoms with Gasteiger partial charge < -0.3 is 47.9 Å². The molecule has 4 unspecified atom stereocenters. The third-order valence-electron chi connectivity index (χ3n) is 18.9. The molecule has 2 aromatic carbocycles. The van der Waals surface area contributed by atoms with E-state index in [1.807, 2.05) is 44.2 Å². The van der Waals surface area contributed by atoms with Gasteiger partial charge in [-0.2, -0.15) is 0 Å². The van der Waals surface area contributed by atoms with Crippen LogP contribution in [-0.4, -0.2) is 96.6 Å². The average Bonchev–Trinajstić information content (AvgIpc) is 3.56. The molecule has 0 heterocycles. The summed E-state index contributed by atoms with van der Waals surface area (Å²) in [5, 5.41) is 29.0. The number of nitrogens with two attached hydrogens (primary N) is 2. The Bertz CT molecular complexity index is 2740. The normalized spacial score (nSPS) is 26.7. The third-order valence-corrected chi connectivity index (χ3v) is 18.9. The fourth-order valence-corrected chi connectivity index (χ4v) is 14.4. The Morgan fingerprint density at radius 3 is 1.85 bits per heavy atom. The van der Waals surface area contributed by atoms with Gasteiger partial charge in [-0.15, -0.1) is 5.92 Å². The zero-order valence-corrected chi connectivity index (χ0v) is 48.5. The van der Waals surface area contributed by atoms with Crippen molar-refractivity contribution in [3.05, 3.63) is 58.7 Å². The van der Waals surface area contributed by atoms with Crippen molar-refractivity contribution in [1.82, 2.24) is 26.6 Å². The lowest BCUT2D eigenvalue weighted by Crippen LogP contribution is -2.60. The van der Waals surface area contributed by atoms with Gasteiger partial charge in [0.1, 0.15) is 24.8 Å². The molecular weight excluding hydrogens is 1030 g/mol. The first-order chi connectivity index (χ1) is 38.5. The molecule has 10 atom stereocenters. The molecule has 0 aliphatic heterocycles. The average molecular weight is 1120 g/mol. The largest absolute Gasteiger partial charge is 0.465 e. The maximum atomic E-state index is 14.9. The zero-order chi connectivity index (χ0) is 58.7. The molecule has 9 amide bonds. The maximum absolute atomic E-state index is 14.9. The Labute approximate surface area is 477 Å². The van der Waals surface area contributed by atoms with E-state index in [0.29, 0.717) is 62.9 Å². The van der Waals surface area contributed by atoms with Crippen LogP contribution in [0.25, 0.3) is 0 Å². The Morgan fingerprint density at radius 2 is 1.27 bits per heavy atom. The molecule has 0 aromatic heterocycles. The highest BCUT2D eigenvalue weighted by Gasteiger charge is 2.58. The molecule has 81 heavy (non-hydrogen) atoms. The van der Waals surface area contributed by atoms with E-state index in [9.17, 15) is 43.5 Å². The summed E-state index contributed by atoms with van der Waals surface area (Å²) in [6.07, 6.45) is 12.7. The van der Waals surface area contributed by atoms with Crippen LogP contribution in [0.5, 0.6) is 0 Å². The Kier molecular flexibility index (Phi) is 20.7. The number of hydrogen-bond acceptors (Lipinski definition) is 10. The summed E-state index contributed by atoms with van der Waals surface area (Å²) in [6, 6.07) is 7.73. The number of hydrogen-bond donors (Lipinski definition) is 10. The number of carboxylic acid groups (broad SMARTS) is 1. The van der Waals surface area contributed by atoms with Crippen LogP contribution in [0, 0.1) is 40.4 Å². The van der Waals surface area contributed by atoms with E-state index in [1.54, 1.807) is 19.9 Å². The molecular formula is C62H89N9O10. The lowest BCUT2D eigenvalue weighted by atomic mass is 9.49. The summed E-state index contributed by atoms with van der Waals surface area (Å²) in [4.78, 5) is 107. The summed E-state index contributed by atoms with van der Waals surface area (Å²) in [5.41, 5.74) is 14.4. The van der Waals surface area contributed by atoms with Crippen molar-refractivity contribution >= 4 is 58.9 Å². The Balaban J connectivity index is 0.973. The van der Waals surface area contributed by atoms with Crippen LogP contribution >= 0.6 is 0 Å². The van der Waals surface area contributed by atoms with Gasteiger partial charge in [-0.25, -0.2) is 9.59 Å². The van der Waals surface area contributed by atoms with Crippen molar-refractivity contribution in [3.8, 4) is 11.8 Å². The van der Waals surface area contributed by atoms with Gasteiger partial charge in [-0.1, -0.05) is 78.9 Å². The second-order valence-electron chi connectivity index (χ2n) is 24.9. The zero-order valence-electron chi connectivity index (χ0n) is 48.5. The molecule has 19 nitrogen and oxygen atoms in total. The lowest BCUT2D eigenvalue weighted by molar-refractivity contribution is -0.150. The number of carbonyl (C=O) groups is 8. The van der Waals surface area contributed by atoms with Gasteiger partial charge in [-0.3, -0.25) is 39.4 Å². The number of aryl methyl sites for hydroxylation is 2. The molecule has 5 aliphatic carbocycles. The van der Waals surface area contributed by atoms with E-state index in [2.05, 4.69) is 62.9 Å². The van der Waals surface area contributed by atoms with Crippen LogP contribution in [0.2, 0.25) is 0 Å². The van der Waals surface area contributed by atoms with Crippen molar-refractivity contribution < 1.29 is 48.2 Å². The number of amides is 9. The van der Waals surface area contributed by atoms with E-state index in [0.717, 1.165) is 99.3 Å². The van der Waals surface area contributed by atoms with Gasteiger partial charge in [0, 0.05) is 30.9 Å². The fourth-order valence-electron chi connectivity index (χ4n) is 14.4. The van der Waals surface area contributed by atoms with E-state index < -0.39 is 69.6 Å². The number of ether oxygens (including phenoxy) is 1. The monoisotopic (exact) mass is 1120 g/mol. The highest BCUT2D eigenvalue weighted by Crippen LogP contribution is 2.60. The Morgan fingerprint density at radius 1 is 0.679 bits per heavy atom. The Hall–Kier alpha value is -6.52. The van der Waals surface area contributed by atoms with E-state index in [1.165, 1.54) is 0 Å². The van der Waals surface area contributed by atoms with Gasteiger partial charge in [0.25, 0.3) is 0 Å². The van der Waals surface area contributed by atoms with Crippen LogP contribution in [0.1, 0.15) is 179 Å². The third kappa shape index (κ3) is 14.8. The molecule has 5 aliphatic rings. The minimum absolute atomic E-state index is 0.0710. The van der Waals surface area contributed by atoms with Gasteiger partial charge in [-0.05, 0) is 178 Å². The molecule has 0 saturated heterocycles. The molecule has 0 radical (unpaired) electrons. The molecule has 2 fully saturated rings. The van der Waals surface area contributed by atoms with Gasteiger partial charge >= 0.3 is 12.1 Å². The van der Waals surface area contributed by atoms with Crippen molar-refractivity contribution in [3.63, 3.8) is 0 Å². The molecule has 442 valence electrons. The van der Waals surface area contributed by atoms with Gasteiger partial charge in [0.05, 0.1) is 16.9 Å². The molecule has 2 aromatic rings. The first-order valence-electron chi connectivity index (χ1n) is 29.7. The van der Waals surface area contributed by atoms with E-state index >= 15 is 0 Å². The number of urea groups is 1. The predicted octanol–water partition coefficient (Wildman–Crippen LogP) is 7.12. The summed E-state index contributed by atoms with van der Waals surface area (Å²) >= 11 is 0. The second-order valence-corrected chi connectivity index (χ2v) is 24.9. The summed E-state index contributed by atoms with van der Waals surface area (Å²) < 4.78 is 5.72. The molecule has 19 heteroatoms. The van der Waals surface area contributed by atoms with E-state index in [-0.39, 0.29) is 61.2 Å². The standard InChI is InChI=1S/C62H89N9O10/c1-38(2)51(70-52(73)46(63)19-12-13-33-65-50(72)37-81-43-17-10-8-7-9-11-18-43)54(75)69-47(20-14-34-66-57(64)78)53(74)67-41-25-21-39-23-27-48-59(3,44(39)35-41)29-15-31-61(48,5)55(76)71-56(77)62(6)32-16-30-60(4)45-36-42(68-58(79)80)26-22-40(45)24-28-49(60)62/h21-22,25-26,35-36,38,43,46-49,51,68H,7-10,12-17,19-20,23-24,27-34,37,63H2,1-6H3,(H,65,72)(H,67,74)(H,69,75)(H,70,73)(H,79,80)(H3,64,66,78)(H,71,76,77)/t43?,46?,47?,48-,49-,51?,59-,60-,61+,62+/m1/s1. The van der Waals surface area contributed by atoms with Crippen molar-refractivity contribution in [2.24, 2.45) is 40.1 Å². The predicted molar refractivity (Wildman–Crippen MR) is 310 cm³/mol. The summed E-state index contributed by atoms with van der Waals surface area (Å²) in [7, 11) is 0. The van der Waals surface area contributed by atoms with Crippen LogP contribution in [0.3, 0.4) is 0 Å². The number of imide groups is 1. The number of carbonyl (C=O) groups excluding carboxylic acids is 7. The molecule has 0 bridgehead atoms. The highest BCUT2D eigenvalue weighted by atomic mass is 16.5. The first-order valence-corrected chi connectivity index (χ1v) is 29.7. The van der Waals surface area contributed by atoms with Gasteiger partial charge in [0.15, 0.2) is 0 Å². The molecule has 12 N–H and O–H groups in total. The number of unbranched alkanes of at least 4 members (excludes halogenated alkanes) is 1. The quantitative estimate of drug-likeness (QED) is 0.0322. The minimum Gasteiger partial charge on any atom is -0.465 e. The number of rotatable bonds is 22. The number of anilines is 2. The highest BCUT2D eigenvalue weighted by molar-refractivity contribution is 6.01. The van der Waals surface area contributed by atoms with E-state index in [4.69, 9.17) is 16.2 Å². The van der Waals surface area contributed by atoms with Gasteiger partial charge in [0.2, 0.25) is 35.4 Å². The minimum atomic E-state index is -1.14. The number of benzene rings is 2. The topological polar surface area (TPSA) is 302 Å². The molecule has 2 saturated carbocycles. The summed E-state index contributed by atoms with van der Waals surface area (Å²) in [6.45, 7) is 12.4. The molecule has 0 spiro atoms. The van der Waals surface area contributed by atoms with Crippen LogP contribution < -0.4 is 48.7 Å². The van der Waals surface area contributed by atoms with Crippen LogP contribution in [0.4, 0.5) is 21.0 Å². The summed E-state index contributed by atoms with van der Waals surface area (Å²) in [5.74, 6) is 3.23.